The molecule has 0 heterocycles. The first-order valence-electron chi connectivity index (χ1n) is 8.92. The maximum atomic E-state index is 12.8. The van der Waals surface area contributed by atoms with Gasteiger partial charge in [-0.25, -0.2) is 13.2 Å². The summed E-state index contributed by atoms with van der Waals surface area (Å²) in [7, 11) is -3.66. The fraction of sp³-hybridized carbons (Fsp3) is 0.300. The Morgan fingerprint density at radius 1 is 1.04 bits per heavy atom. The minimum Gasteiger partial charge on any atom is -0.452 e. The Kier molecular flexibility index (Phi) is 7.31. The van der Waals surface area contributed by atoms with Crippen molar-refractivity contribution in [3.8, 4) is 0 Å². The van der Waals surface area contributed by atoms with Crippen LogP contribution in [0.2, 0.25) is 0 Å². The van der Waals surface area contributed by atoms with Crippen molar-refractivity contribution in [2.45, 2.75) is 25.7 Å². The number of nitrogens with zero attached hydrogens (tertiary/aromatic N) is 1. The van der Waals surface area contributed by atoms with Crippen molar-refractivity contribution < 1.29 is 22.7 Å². The lowest BCUT2D eigenvalue weighted by Crippen LogP contribution is -2.31. The van der Waals surface area contributed by atoms with Gasteiger partial charge in [-0.2, -0.15) is 4.31 Å². The number of hydrogen-bond donors (Lipinski definition) is 1. The number of sulfonamides is 1. The molecule has 8 heteroatoms. The van der Waals surface area contributed by atoms with Crippen LogP contribution >= 0.6 is 0 Å². The van der Waals surface area contributed by atoms with Gasteiger partial charge in [0.25, 0.3) is 5.91 Å². The molecule has 0 aliphatic rings. The molecule has 1 N–H and O–H groups in total. The van der Waals surface area contributed by atoms with Crippen molar-refractivity contribution >= 4 is 27.6 Å². The van der Waals surface area contributed by atoms with Crippen LogP contribution in [0.5, 0.6) is 0 Å². The lowest BCUT2D eigenvalue weighted by atomic mass is 10.2. The van der Waals surface area contributed by atoms with Crippen molar-refractivity contribution in [1.82, 2.24) is 4.31 Å². The van der Waals surface area contributed by atoms with E-state index in [1.807, 2.05) is 0 Å². The molecule has 0 radical (unpaired) electrons. The Bertz CT molecular complexity index is 938. The third-order valence-electron chi connectivity index (χ3n) is 4.14. The summed E-state index contributed by atoms with van der Waals surface area (Å²) in [5.41, 5.74) is 1.25. The van der Waals surface area contributed by atoms with Gasteiger partial charge in [0.15, 0.2) is 6.61 Å². The van der Waals surface area contributed by atoms with Gasteiger partial charge in [-0.3, -0.25) is 4.79 Å². The largest absolute Gasteiger partial charge is 0.452 e. The normalized spacial score (nSPS) is 11.3. The predicted molar refractivity (Wildman–Crippen MR) is 107 cm³/mol. The summed E-state index contributed by atoms with van der Waals surface area (Å²) in [4.78, 5) is 24.1. The number of amides is 1. The van der Waals surface area contributed by atoms with E-state index in [0.717, 1.165) is 0 Å². The van der Waals surface area contributed by atoms with Crippen LogP contribution in [-0.2, 0) is 19.6 Å². The molecule has 7 nitrogen and oxygen atoms in total. The van der Waals surface area contributed by atoms with Gasteiger partial charge in [0.05, 0.1) is 10.5 Å². The molecule has 0 aromatic heterocycles. The smallest absolute Gasteiger partial charge is 0.338 e. The first-order chi connectivity index (χ1) is 13.3. The molecule has 0 aliphatic carbocycles. The molecule has 0 aliphatic heterocycles. The molecule has 0 atom stereocenters. The average Bonchev–Trinajstić information content (AvgIpc) is 2.69. The van der Waals surface area contributed by atoms with E-state index in [1.54, 1.807) is 63.2 Å². The van der Waals surface area contributed by atoms with Crippen LogP contribution in [0.1, 0.15) is 29.8 Å². The first kappa shape index (κ1) is 21.6. The number of anilines is 1. The number of carbonyl (C=O) groups excluding carboxylic acids is 2. The highest BCUT2D eigenvalue weighted by Crippen LogP contribution is 2.23. The monoisotopic (exact) mass is 404 g/mol. The van der Waals surface area contributed by atoms with Crippen molar-refractivity contribution in [3.05, 3.63) is 59.7 Å². The van der Waals surface area contributed by atoms with E-state index < -0.39 is 28.5 Å². The Morgan fingerprint density at radius 2 is 1.68 bits per heavy atom. The molecule has 0 fully saturated rings. The topological polar surface area (TPSA) is 92.8 Å². The van der Waals surface area contributed by atoms with Crippen LogP contribution in [0, 0.1) is 6.92 Å². The zero-order valence-corrected chi connectivity index (χ0v) is 17.0. The van der Waals surface area contributed by atoms with Gasteiger partial charge in [-0.15, -0.1) is 0 Å². The molecule has 0 unspecified atom stereocenters. The Morgan fingerprint density at radius 3 is 2.29 bits per heavy atom. The number of aryl methyl sites for hydroxylation is 1. The van der Waals surface area contributed by atoms with E-state index in [-0.39, 0.29) is 4.90 Å². The van der Waals surface area contributed by atoms with E-state index in [1.165, 1.54) is 10.4 Å². The summed E-state index contributed by atoms with van der Waals surface area (Å²) in [6, 6.07) is 13.0. The molecule has 28 heavy (non-hydrogen) atoms. The average molecular weight is 404 g/mol. The van der Waals surface area contributed by atoms with Crippen LogP contribution in [0.4, 0.5) is 5.69 Å². The van der Waals surface area contributed by atoms with Crippen LogP contribution in [0.15, 0.2) is 53.4 Å². The van der Waals surface area contributed by atoms with Crippen LogP contribution in [-0.4, -0.2) is 44.3 Å². The Labute approximate surface area is 165 Å². The standard InChI is InChI=1S/C20H24N2O5S/c1-4-22(5-2)28(25,26)18-13-17(12-11-15(18)3)21-19(23)14-27-20(24)16-9-7-6-8-10-16/h6-13H,4-5,14H2,1-3H3,(H,21,23). The molecule has 2 aromatic rings. The molecule has 0 saturated carbocycles. The first-order valence-corrected chi connectivity index (χ1v) is 10.4. The zero-order chi connectivity index (χ0) is 20.7. The quantitative estimate of drug-likeness (QED) is 0.683. The van der Waals surface area contributed by atoms with Crippen molar-refractivity contribution in [1.29, 1.82) is 0 Å². The number of carbonyl (C=O) groups is 2. The number of hydrogen-bond acceptors (Lipinski definition) is 5. The highest BCUT2D eigenvalue weighted by atomic mass is 32.2. The summed E-state index contributed by atoms with van der Waals surface area (Å²) in [5.74, 6) is -1.16. The summed E-state index contributed by atoms with van der Waals surface area (Å²) >= 11 is 0. The van der Waals surface area contributed by atoms with E-state index in [0.29, 0.717) is 29.9 Å². The van der Waals surface area contributed by atoms with E-state index in [4.69, 9.17) is 4.74 Å². The van der Waals surface area contributed by atoms with Crippen LogP contribution in [0.3, 0.4) is 0 Å². The molecule has 0 saturated heterocycles. The van der Waals surface area contributed by atoms with Crippen LogP contribution < -0.4 is 5.32 Å². The number of ether oxygens (including phenoxy) is 1. The summed E-state index contributed by atoms with van der Waals surface area (Å²) < 4.78 is 31.9. The second kappa shape index (κ2) is 9.48. The molecule has 2 rings (SSSR count). The lowest BCUT2D eigenvalue weighted by molar-refractivity contribution is -0.119. The second-order valence-corrected chi connectivity index (χ2v) is 7.97. The molecule has 0 spiro atoms. The lowest BCUT2D eigenvalue weighted by Gasteiger charge is -2.20. The zero-order valence-electron chi connectivity index (χ0n) is 16.1. The van der Waals surface area contributed by atoms with Gasteiger partial charge >= 0.3 is 5.97 Å². The number of benzene rings is 2. The van der Waals surface area contributed by atoms with Gasteiger partial charge in [-0.05, 0) is 36.8 Å². The van der Waals surface area contributed by atoms with Crippen LogP contribution in [0.25, 0.3) is 0 Å². The van der Waals surface area contributed by atoms with Gasteiger partial charge < -0.3 is 10.1 Å². The summed E-state index contributed by atoms with van der Waals surface area (Å²) in [6.07, 6.45) is 0. The minimum absolute atomic E-state index is 0.135. The van der Waals surface area contributed by atoms with Crippen molar-refractivity contribution in [3.63, 3.8) is 0 Å². The Hall–Kier alpha value is -2.71. The predicted octanol–water partition coefficient (Wildman–Crippen LogP) is 2.82. The van der Waals surface area contributed by atoms with E-state index in [2.05, 4.69) is 5.32 Å². The third-order valence-corrected chi connectivity index (χ3v) is 6.33. The van der Waals surface area contributed by atoms with E-state index >= 15 is 0 Å². The molecule has 2 aromatic carbocycles. The van der Waals surface area contributed by atoms with Gasteiger partial charge in [-0.1, -0.05) is 38.1 Å². The third kappa shape index (κ3) is 5.17. The maximum absolute atomic E-state index is 12.8. The summed E-state index contributed by atoms with van der Waals surface area (Å²) in [6.45, 7) is 5.46. The number of rotatable bonds is 8. The SMILES string of the molecule is CCN(CC)S(=O)(=O)c1cc(NC(=O)COC(=O)c2ccccc2)ccc1C. The van der Waals surface area contributed by atoms with Crippen molar-refractivity contribution in [2.24, 2.45) is 0 Å². The van der Waals surface area contributed by atoms with Gasteiger partial charge in [0.1, 0.15) is 0 Å². The van der Waals surface area contributed by atoms with Gasteiger partial charge in [0.2, 0.25) is 10.0 Å². The molecule has 0 bridgehead atoms. The fourth-order valence-corrected chi connectivity index (χ4v) is 4.35. The molecular formula is C20H24N2O5S. The second-order valence-electron chi connectivity index (χ2n) is 6.06. The Balaban J connectivity index is 2.08. The molecular weight excluding hydrogens is 380 g/mol. The van der Waals surface area contributed by atoms with E-state index in [9.17, 15) is 18.0 Å². The summed E-state index contributed by atoms with van der Waals surface area (Å²) in [5, 5.41) is 2.56. The highest BCUT2D eigenvalue weighted by Gasteiger charge is 2.24. The highest BCUT2D eigenvalue weighted by molar-refractivity contribution is 7.89. The molecule has 150 valence electrons. The number of nitrogens with one attached hydrogen (secondary N) is 1. The van der Waals surface area contributed by atoms with Gasteiger partial charge in [0, 0.05) is 18.8 Å². The molecule has 1 amide bonds. The van der Waals surface area contributed by atoms with Crippen molar-refractivity contribution in [2.75, 3.05) is 25.0 Å². The maximum Gasteiger partial charge on any atom is 0.338 e. The number of esters is 1. The fourth-order valence-electron chi connectivity index (χ4n) is 2.64. The minimum atomic E-state index is -3.66.